The van der Waals surface area contributed by atoms with Gasteiger partial charge in [-0.3, -0.25) is 9.59 Å². The molecule has 8 heteroatoms. The van der Waals surface area contributed by atoms with Gasteiger partial charge in [0.05, 0.1) is 13.1 Å². The molecule has 1 unspecified atom stereocenters. The van der Waals surface area contributed by atoms with Gasteiger partial charge in [0.15, 0.2) is 5.96 Å². The summed E-state index contributed by atoms with van der Waals surface area (Å²) in [5, 5.41) is 9.07. The summed E-state index contributed by atoms with van der Waals surface area (Å²) in [5.74, 6) is 0.500. The highest BCUT2D eigenvalue weighted by molar-refractivity contribution is 14.0. The van der Waals surface area contributed by atoms with Crippen molar-refractivity contribution >= 4 is 41.8 Å². The SMILES string of the molecule is CCNC(=NCc1ccc(C(=O)NC(C)CC)cc1)NCC(=O)N(C)C.I. The third-order valence-corrected chi connectivity index (χ3v) is 3.88. The van der Waals surface area contributed by atoms with Gasteiger partial charge >= 0.3 is 0 Å². The van der Waals surface area contributed by atoms with Crippen LogP contribution in [-0.2, 0) is 11.3 Å². The quantitative estimate of drug-likeness (QED) is 0.296. The number of hydrogen-bond acceptors (Lipinski definition) is 3. The lowest BCUT2D eigenvalue weighted by Crippen LogP contribution is -2.42. The van der Waals surface area contributed by atoms with Crippen LogP contribution in [0.4, 0.5) is 0 Å². The Morgan fingerprint density at radius 3 is 2.26 bits per heavy atom. The van der Waals surface area contributed by atoms with Crippen LogP contribution in [0.3, 0.4) is 0 Å². The van der Waals surface area contributed by atoms with Crippen molar-refractivity contribution < 1.29 is 9.59 Å². The van der Waals surface area contributed by atoms with Crippen LogP contribution < -0.4 is 16.0 Å². The van der Waals surface area contributed by atoms with Crippen molar-refractivity contribution in [2.24, 2.45) is 4.99 Å². The third-order valence-electron chi connectivity index (χ3n) is 3.88. The van der Waals surface area contributed by atoms with Gasteiger partial charge in [0.1, 0.15) is 0 Å². The molecule has 0 aromatic heterocycles. The minimum Gasteiger partial charge on any atom is -0.357 e. The van der Waals surface area contributed by atoms with Crippen molar-refractivity contribution in [1.82, 2.24) is 20.9 Å². The van der Waals surface area contributed by atoms with Crippen LogP contribution in [0.15, 0.2) is 29.3 Å². The average Bonchev–Trinajstić information content (AvgIpc) is 2.63. The predicted octanol–water partition coefficient (Wildman–Crippen LogP) is 1.98. The zero-order valence-corrected chi connectivity index (χ0v) is 19.2. The lowest BCUT2D eigenvalue weighted by atomic mass is 10.1. The van der Waals surface area contributed by atoms with Gasteiger partial charge < -0.3 is 20.9 Å². The van der Waals surface area contributed by atoms with E-state index in [4.69, 9.17) is 0 Å². The van der Waals surface area contributed by atoms with Crippen molar-refractivity contribution in [1.29, 1.82) is 0 Å². The Kier molecular flexibility index (Phi) is 12.4. The lowest BCUT2D eigenvalue weighted by molar-refractivity contribution is -0.127. The second kappa shape index (κ2) is 13.3. The number of guanidine groups is 1. The Morgan fingerprint density at radius 1 is 1.11 bits per heavy atom. The van der Waals surface area contributed by atoms with Crippen molar-refractivity contribution in [3.8, 4) is 0 Å². The number of nitrogens with zero attached hydrogens (tertiary/aromatic N) is 2. The number of aliphatic imine (C=N–C) groups is 1. The minimum atomic E-state index is -0.0633. The molecule has 0 saturated heterocycles. The Hall–Kier alpha value is -1.84. The maximum Gasteiger partial charge on any atom is 0.251 e. The first-order valence-corrected chi connectivity index (χ1v) is 8.99. The number of carbonyl (C=O) groups excluding carboxylic acids is 2. The number of rotatable bonds is 8. The molecule has 7 nitrogen and oxygen atoms in total. The van der Waals surface area contributed by atoms with E-state index in [0.717, 1.165) is 12.0 Å². The molecular weight excluding hydrogens is 457 g/mol. The van der Waals surface area contributed by atoms with E-state index in [1.165, 1.54) is 4.90 Å². The van der Waals surface area contributed by atoms with Gasteiger partial charge in [-0.1, -0.05) is 19.1 Å². The van der Waals surface area contributed by atoms with Crippen molar-refractivity contribution in [3.63, 3.8) is 0 Å². The second-order valence-corrected chi connectivity index (χ2v) is 6.32. The fourth-order valence-electron chi connectivity index (χ4n) is 2.00. The molecule has 1 rings (SSSR count). The summed E-state index contributed by atoms with van der Waals surface area (Å²) in [7, 11) is 3.43. The first-order chi connectivity index (χ1) is 12.4. The first-order valence-electron chi connectivity index (χ1n) is 8.99. The molecule has 0 aliphatic heterocycles. The first kappa shape index (κ1) is 25.2. The van der Waals surface area contributed by atoms with Crippen LogP contribution >= 0.6 is 24.0 Å². The van der Waals surface area contributed by atoms with Crippen molar-refractivity contribution in [2.75, 3.05) is 27.2 Å². The lowest BCUT2D eigenvalue weighted by Gasteiger charge is -2.14. The van der Waals surface area contributed by atoms with Crippen LogP contribution in [0.25, 0.3) is 0 Å². The number of nitrogens with one attached hydrogen (secondary N) is 3. The molecule has 3 N–H and O–H groups in total. The number of amides is 2. The van der Waals surface area contributed by atoms with Crippen molar-refractivity contribution in [2.45, 2.75) is 39.8 Å². The molecule has 0 saturated carbocycles. The molecule has 27 heavy (non-hydrogen) atoms. The standard InChI is InChI=1S/C19H31N5O2.HI/c1-6-14(3)23-18(26)16-10-8-15(9-11-16)12-21-19(20-7-2)22-13-17(25)24(4)5;/h8-11,14H,6-7,12-13H2,1-5H3,(H,23,26)(H2,20,21,22);1H. The summed E-state index contributed by atoms with van der Waals surface area (Å²) in [6.07, 6.45) is 0.898. The number of halogens is 1. The summed E-state index contributed by atoms with van der Waals surface area (Å²) in [6, 6.07) is 7.55. The molecule has 1 aromatic rings. The third kappa shape index (κ3) is 9.60. The summed E-state index contributed by atoms with van der Waals surface area (Å²) in [4.78, 5) is 29.8. The number of benzene rings is 1. The van der Waals surface area contributed by atoms with Crippen molar-refractivity contribution in [3.05, 3.63) is 35.4 Å². The Labute approximate surface area is 179 Å². The van der Waals surface area contributed by atoms with E-state index in [9.17, 15) is 9.59 Å². The maximum atomic E-state index is 12.1. The van der Waals surface area contributed by atoms with Gasteiger partial charge in [0.2, 0.25) is 5.91 Å². The molecule has 0 spiro atoms. The molecule has 2 amide bonds. The fraction of sp³-hybridized carbons (Fsp3) is 0.526. The molecule has 0 bridgehead atoms. The summed E-state index contributed by atoms with van der Waals surface area (Å²) >= 11 is 0. The summed E-state index contributed by atoms with van der Waals surface area (Å²) in [5.41, 5.74) is 1.63. The normalized spacial score (nSPS) is 11.8. The Morgan fingerprint density at radius 2 is 1.74 bits per heavy atom. The molecule has 1 aromatic carbocycles. The second-order valence-electron chi connectivity index (χ2n) is 6.32. The average molecular weight is 489 g/mol. The van der Waals surface area contributed by atoms with Crippen LogP contribution in [0.2, 0.25) is 0 Å². The summed E-state index contributed by atoms with van der Waals surface area (Å²) < 4.78 is 0. The van der Waals surface area contributed by atoms with Crippen LogP contribution in [0.5, 0.6) is 0 Å². The van der Waals surface area contributed by atoms with Gasteiger partial charge in [0, 0.05) is 32.2 Å². The summed E-state index contributed by atoms with van der Waals surface area (Å²) in [6.45, 7) is 7.34. The van der Waals surface area contributed by atoms with Crippen LogP contribution in [0, 0.1) is 0 Å². The highest BCUT2D eigenvalue weighted by Crippen LogP contribution is 2.06. The van der Waals surface area contributed by atoms with E-state index in [-0.39, 0.29) is 48.4 Å². The van der Waals surface area contributed by atoms with Crippen LogP contribution in [0.1, 0.15) is 43.1 Å². The number of carbonyl (C=O) groups is 2. The van der Waals surface area contributed by atoms with Gasteiger partial charge in [-0.15, -0.1) is 24.0 Å². The Balaban J connectivity index is 0.00000676. The smallest absolute Gasteiger partial charge is 0.251 e. The van der Waals surface area contributed by atoms with Gasteiger partial charge in [-0.25, -0.2) is 4.99 Å². The number of likely N-dealkylation sites (N-methyl/N-ethyl adjacent to an activating group) is 1. The zero-order valence-electron chi connectivity index (χ0n) is 16.8. The Bertz CT molecular complexity index is 617. The molecule has 0 radical (unpaired) electrons. The van der Waals surface area contributed by atoms with E-state index >= 15 is 0 Å². The van der Waals surface area contributed by atoms with E-state index in [1.54, 1.807) is 26.2 Å². The molecule has 0 aliphatic carbocycles. The van der Waals surface area contributed by atoms with E-state index in [2.05, 4.69) is 20.9 Å². The van der Waals surface area contributed by atoms with Crippen LogP contribution in [-0.4, -0.2) is 55.9 Å². The fourth-order valence-corrected chi connectivity index (χ4v) is 2.00. The molecule has 0 heterocycles. The molecular formula is C19H32IN5O2. The largest absolute Gasteiger partial charge is 0.357 e. The molecule has 152 valence electrons. The predicted molar refractivity (Wildman–Crippen MR) is 121 cm³/mol. The van der Waals surface area contributed by atoms with E-state index < -0.39 is 0 Å². The van der Waals surface area contributed by atoms with Gasteiger partial charge in [-0.2, -0.15) is 0 Å². The minimum absolute atomic E-state index is 0. The molecule has 0 fully saturated rings. The monoisotopic (exact) mass is 489 g/mol. The number of hydrogen-bond donors (Lipinski definition) is 3. The van der Waals surface area contributed by atoms with Gasteiger partial charge in [-0.05, 0) is 38.0 Å². The van der Waals surface area contributed by atoms with Gasteiger partial charge in [0.25, 0.3) is 5.91 Å². The van der Waals surface area contributed by atoms with E-state index in [0.29, 0.717) is 24.6 Å². The molecule has 0 aliphatic rings. The maximum absolute atomic E-state index is 12.1. The molecule has 1 atom stereocenters. The highest BCUT2D eigenvalue weighted by Gasteiger charge is 2.08. The highest BCUT2D eigenvalue weighted by atomic mass is 127. The zero-order chi connectivity index (χ0) is 19.5. The van der Waals surface area contributed by atoms with E-state index in [1.807, 2.05) is 32.9 Å². The topological polar surface area (TPSA) is 85.8 Å².